The lowest BCUT2D eigenvalue weighted by Crippen LogP contribution is -2.08. The quantitative estimate of drug-likeness (QED) is 0.438. The first kappa shape index (κ1) is 17.6. The smallest absolute Gasteiger partial charge is 0.186 e. The minimum Gasteiger partial charge on any atom is -0.369 e. The summed E-state index contributed by atoms with van der Waals surface area (Å²) in [6.45, 7) is 0.783. The van der Waals surface area contributed by atoms with E-state index in [1.807, 2.05) is 54.6 Å². The maximum Gasteiger partial charge on any atom is 0.186 e. The average molecular weight is 400 g/mol. The van der Waals surface area contributed by atoms with Crippen molar-refractivity contribution in [1.82, 2.24) is 19.8 Å². The number of fused-ring (bicyclic) bond motifs is 3. The SMILES string of the molecule is Clc1cccc(-c2nnn3c2nc(NCCc2ccccc2)c2ccccc23)c1. The van der Waals surface area contributed by atoms with Crippen LogP contribution in [0.15, 0.2) is 78.9 Å². The van der Waals surface area contributed by atoms with Crippen LogP contribution in [0.5, 0.6) is 0 Å². The monoisotopic (exact) mass is 399 g/mol. The van der Waals surface area contributed by atoms with Crippen molar-refractivity contribution in [2.75, 3.05) is 11.9 Å². The summed E-state index contributed by atoms with van der Waals surface area (Å²) in [5.41, 5.74) is 4.56. The topological polar surface area (TPSA) is 55.1 Å². The highest BCUT2D eigenvalue weighted by Gasteiger charge is 2.15. The van der Waals surface area contributed by atoms with E-state index in [1.54, 1.807) is 4.52 Å². The van der Waals surface area contributed by atoms with Crippen LogP contribution >= 0.6 is 11.6 Å². The summed E-state index contributed by atoms with van der Waals surface area (Å²) in [5, 5.41) is 13.9. The normalized spacial score (nSPS) is 11.2. The summed E-state index contributed by atoms with van der Waals surface area (Å²) in [6.07, 6.45) is 0.917. The minimum atomic E-state index is 0.658. The molecule has 142 valence electrons. The first-order valence-electron chi connectivity index (χ1n) is 9.47. The van der Waals surface area contributed by atoms with Gasteiger partial charge in [0, 0.05) is 22.5 Å². The van der Waals surface area contributed by atoms with E-state index in [-0.39, 0.29) is 0 Å². The van der Waals surface area contributed by atoms with Crippen LogP contribution in [0.2, 0.25) is 5.02 Å². The molecule has 0 saturated heterocycles. The van der Waals surface area contributed by atoms with Gasteiger partial charge in [-0.25, -0.2) is 4.98 Å². The molecule has 0 unspecified atom stereocenters. The van der Waals surface area contributed by atoms with Gasteiger partial charge >= 0.3 is 0 Å². The molecule has 3 aromatic carbocycles. The molecule has 0 fully saturated rings. The highest BCUT2D eigenvalue weighted by Crippen LogP contribution is 2.29. The predicted molar refractivity (Wildman–Crippen MR) is 117 cm³/mol. The van der Waals surface area contributed by atoms with E-state index in [0.717, 1.165) is 35.2 Å². The van der Waals surface area contributed by atoms with E-state index in [4.69, 9.17) is 16.6 Å². The average Bonchev–Trinajstić information content (AvgIpc) is 3.19. The molecule has 0 atom stereocenters. The highest BCUT2D eigenvalue weighted by atomic mass is 35.5. The molecule has 5 rings (SSSR count). The van der Waals surface area contributed by atoms with Crippen LogP contribution in [0.1, 0.15) is 5.56 Å². The largest absolute Gasteiger partial charge is 0.369 e. The first-order chi connectivity index (χ1) is 14.3. The fourth-order valence-electron chi connectivity index (χ4n) is 3.49. The zero-order valence-electron chi connectivity index (χ0n) is 15.6. The van der Waals surface area contributed by atoms with Crippen LogP contribution in [-0.2, 0) is 6.42 Å². The Morgan fingerprint density at radius 1 is 0.897 bits per heavy atom. The van der Waals surface area contributed by atoms with E-state index in [1.165, 1.54) is 5.56 Å². The van der Waals surface area contributed by atoms with Gasteiger partial charge < -0.3 is 5.32 Å². The van der Waals surface area contributed by atoms with E-state index in [9.17, 15) is 0 Å². The molecule has 0 saturated carbocycles. The number of rotatable bonds is 5. The van der Waals surface area contributed by atoms with Crippen molar-refractivity contribution in [2.45, 2.75) is 6.42 Å². The molecular formula is C23H18ClN5. The predicted octanol–water partition coefficient (Wildman–Crippen LogP) is 5.25. The van der Waals surface area contributed by atoms with Gasteiger partial charge in [0.25, 0.3) is 0 Å². The third kappa shape index (κ3) is 3.41. The Hall–Kier alpha value is -3.44. The standard InChI is InChI=1S/C23H18ClN5/c24-18-10-6-9-17(15-18)21-23-26-22(25-14-13-16-7-2-1-3-8-16)19-11-4-5-12-20(19)29(23)28-27-21/h1-12,15H,13-14H2,(H,25,26). The van der Waals surface area contributed by atoms with Crippen LogP contribution in [0.3, 0.4) is 0 Å². The molecule has 1 N–H and O–H groups in total. The summed E-state index contributed by atoms with van der Waals surface area (Å²) in [6, 6.07) is 26.1. The maximum atomic E-state index is 6.18. The second-order valence-electron chi connectivity index (χ2n) is 6.82. The lowest BCUT2D eigenvalue weighted by Gasteiger charge is -2.10. The zero-order valence-corrected chi connectivity index (χ0v) is 16.3. The number of hydrogen-bond donors (Lipinski definition) is 1. The number of benzene rings is 3. The van der Waals surface area contributed by atoms with Crippen molar-refractivity contribution >= 4 is 34.0 Å². The molecule has 0 aliphatic carbocycles. The molecule has 2 aromatic heterocycles. The molecule has 0 spiro atoms. The van der Waals surface area contributed by atoms with Crippen LogP contribution < -0.4 is 5.32 Å². The van der Waals surface area contributed by atoms with Crippen LogP contribution in [-0.4, -0.2) is 26.4 Å². The summed E-state index contributed by atoms with van der Waals surface area (Å²) in [7, 11) is 0. The number of halogens is 1. The molecule has 0 aliphatic rings. The van der Waals surface area contributed by atoms with Gasteiger partial charge in [-0.2, -0.15) is 4.52 Å². The molecule has 0 amide bonds. The van der Waals surface area contributed by atoms with Gasteiger partial charge in [0.05, 0.1) is 5.52 Å². The van der Waals surface area contributed by atoms with Gasteiger partial charge in [-0.3, -0.25) is 0 Å². The molecular weight excluding hydrogens is 382 g/mol. The molecule has 29 heavy (non-hydrogen) atoms. The van der Waals surface area contributed by atoms with E-state index >= 15 is 0 Å². The Morgan fingerprint density at radius 2 is 1.72 bits per heavy atom. The number of hydrogen-bond acceptors (Lipinski definition) is 4. The Bertz CT molecular complexity index is 1300. The van der Waals surface area contributed by atoms with Gasteiger partial charge in [-0.1, -0.05) is 71.4 Å². The maximum absolute atomic E-state index is 6.18. The Morgan fingerprint density at radius 3 is 2.59 bits per heavy atom. The van der Waals surface area contributed by atoms with Gasteiger partial charge in [0.15, 0.2) is 5.65 Å². The summed E-state index contributed by atoms with van der Waals surface area (Å²) < 4.78 is 1.79. The minimum absolute atomic E-state index is 0.658. The highest BCUT2D eigenvalue weighted by molar-refractivity contribution is 6.30. The Labute approximate surface area is 173 Å². The van der Waals surface area contributed by atoms with Crippen molar-refractivity contribution in [1.29, 1.82) is 0 Å². The molecule has 5 nitrogen and oxygen atoms in total. The van der Waals surface area contributed by atoms with Gasteiger partial charge in [-0.15, -0.1) is 5.10 Å². The van der Waals surface area contributed by atoms with Gasteiger partial charge in [0.2, 0.25) is 0 Å². The Balaban J connectivity index is 1.57. The van der Waals surface area contributed by atoms with Crippen LogP contribution in [0, 0.1) is 0 Å². The molecule has 5 aromatic rings. The third-order valence-corrected chi connectivity index (χ3v) is 5.13. The fraction of sp³-hybridized carbons (Fsp3) is 0.0870. The van der Waals surface area contributed by atoms with E-state index in [0.29, 0.717) is 16.4 Å². The van der Waals surface area contributed by atoms with Crippen molar-refractivity contribution in [2.24, 2.45) is 0 Å². The van der Waals surface area contributed by atoms with Crippen molar-refractivity contribution in [3.05, 3.63) is 89.4 Å². The van der Waals surface area contributed by atoms with Crippen molar-refractivity contribution in [3.8, 4) is 11.3 Å². The van der Waals surface area contributed by atoms with Gasteiger partial charge in [0.1, 0.15) is 11.5 Å². The number of nitrogens with one attached hydrogen (secondary N) is 1. The molecule has 0 radical (unpaired) electrons. The third-order valence-electron chi connectivity index (χ3n) is 4.90. The zero-order chi connectivity index (χ0) is 19.6. The van der Waals surface area contributed by atoms with E-state index < -0.39 is 0 Å². The molecule has 0 bridgehead atoms. The number of aromatic nitrogens is 4. The molecule has 2 heterocycles. The lowest BCUT2D eigenvalue weighted by atomic mass is 10.1. The Kier molecular flexibility index (Phi) is 4.58. The van der Waals surface area contributed by atoms with Crippen LogP contribution in [0.25, 0.3) is 27.8 Å². The lowest BCUT2D eigenvalue weighted by molar-refractivity contribution is 0.876. The van der Waals surface area contributed by atoms with Crippen LogP contribution in [0.4, 0.5) is 5.82 Å². The summed E-state index contributed by atoms with van der Waals surface area (Å²) >= 11 is 6.18. The number of para-hydroxylation sites is 1. The number of nitrogens with zero attached hydrogens (tertiary/aromatic N) is 4. The fourth-order valence-corrected chi connectivity index (χ4v) is 3.68. The molecule has 0 aliphatic heterocycles. The van der Waals surface area contributed by atoms with Crippen molar-refractivity contribution in [3.63, 3.8) is 0 Å². The summed E-state index contributed by atoms with van der Waals surface area (Å²) in [4.78, 5) is 4.88. The van der Waals surface area contributed by atoms with Crippen molar-refractivity contribution < 1.29 is 0 Å². The number of anilines is 1. The van der Waals surface area contributed by atoms with E-state index in [2.05, 4.69) is 39.9 Å². The first-order valence-corrected chi connectivity index (χ1v) is 9.85. The summed E-state index contributed by atoms with van der Waals surface area (Å²) in [5.74, 6) is 0.828. The molecule has 6 heteroatoms. The second kappa shape index (κ2) is 7.53. The van der Waals surface area contributed by atoms with Gasteiger partial charge in [-0.05, 0) is 36.2 Å². The second-order valence-corrected chi connectivity index (χ2v) is 7.26.